The molecule has 2 aromatic rings. The van der Waals surface area contributed by atoms with Crippen LogP contribution in [0, 0.1) is 0 Å². The Bertz CT molecular complexity index is 1020. The number of carboxylic acid groups (broad SMARTS) is 2. The lowest BCUT2D eigenvalue weighted by Gasteiger charge is -2.14. The molecule has 1 fully saturated rings. The summed E-state index contributed by atoms with van der Waals surface area (Å²) in [5, 5.41) is 17.7. The topological polar surface area (TPSA) is 104 Å². The van der Waals surface area contributed by atoms with Crippen LogP contribution < -0.4 is 9.64 Å². The molecule has 1 amide bonds. The minimum absolute atomic E-state index is 0.105. The highest BCUT2D eigenvalue weighted by Gasteiger charge is 2.33. The van der Waals surface area contributed by atoms with Gasteiger partial charge in [-0.15, -0.1) is 0 Å². The molecule has 0 bridgehead atoms. The number of nitrogens with zero attached hydrogens (tertiary/aromatic N) is 1. The summed E-state index contributed by atoms with van der Waals surface area (Å²) >= 11 is 6.46. The van der Waals surface area contributed by atoms with E-state index in [1.807, 2.05) is 0 Å². The molecule has 0 aliphatic carbocycles. The minimum atomic E-state index is -1.10. The van der Waals surface area contributed by atoms with Crippen molar-refractivity contribution in [2.75, 3.05) is 11.5 Å². The number of amides is 1. The third kappa shape index (κ3) is 5.01. The van der Waals surface area contributed by atoms with Gasteiger partial charge >= 0.3 is 11.9 Å². The fourth-order valence-electron chi connectivity index (χ4n) is 2.64. The number of anilines is 1. The first-order chi connectivity index (χ1) is 13.8. The van der Waals surface area contributed by atoms with E-state index < -0.39 is 18.5 Å². The Morgan fingerprint density at radius 1 is 1.07 bits per heavy atom. The zero-order chi connectivity index (χ0) is 21.0. The smallest absolute Gasteiger partial charge is 0.341 e. The van der Waals surface area contributed by atoms with Crippen LogP contribution in [-0.4, -0.2) is 39.0 Å². The van der Waals surface area contributed by atoms with Gasteiger partial charge in [0.25, 0.3) is 5.91 Å². The zero-order valence-corrected chi connectivity index (χ0v) is 16.5. The van der Waals surface area contributed by atoms with Crippen LogP contribution in [0.15, 0.2) is 53.4 Å². The van der Waals surface area contributed by atoms with Crippen molar-refractivity contribution < 1.29 is 29.3 Å². The molecule has 3 rings (SSSR count). The summed E-state index contributed by atoms with van der Waals surface area (Å²) < 4.78 is 5.61. The van der Waals surface area contributed by atoms with Crippen molar-refractivity contribution in [2.45, 2.75) is 6.42 Å². The van der Waals surface area contributed by atoms with Crippen molar-refractivity contribution in [3.05, 3.63) is 64.6 Å². The first-order valence-corrected chi connectivity index (χ1v) is 9.60. The highest BCUT2D eigenvalue weighted by atomic mass is 32.2. The predicted octanol–water partition coefficient (Wildman–Crippen LogP) is 3.18. The first-order valence-electron chi connectivity index (χ1n) is 8.37. The van der Waals surface area contributed by atoms with Gasteiger partial charge in [0.15, 0.2) is 10.9 Å². The number of thioether (sulfide) groups is 1. The number of carboxylic acids is 2. The molecule has 1 heterocycles. The van der Waals surface area contributed by atoms with E-state index in [4.69, 9.17) is 27.2 Å². The van der Waals surface area contributed by atoms with Gasteiger partial charge in [-0.1, -0.05) is 54.3 Å². The molecular formula is C20H15NO6S2. The number of rotatable bonds is 7. The largest absolute Gasteiger partial charge is 0.481 e. The number of hydrogen-bond acceptors (Lipinski definition) is 6. The second kappa shape index (κ2) is 8.89. The number of ether oxygens (including phenoxy) is 1. The van der Waals surface area contributed by atoms with Crippen LogP contribution in [0.1, 0.15) is 11.1 Å². The van der Waals surface area contributed by atoms with Crippen LogP contribution in [0.25, 0.3) is 6.08 Å². The quantitative estimate of drug-likeness (QED) is 0.511. The SMILES string of the molecule is O=C(O)COc1ccccc1/C=C1\SC(=S)N(c2ccc(CC(=O)O)cc2)C1=O. The molecule has 0 saturated carbocycles. The summed E-state index contributed by atoms with van der Waals surface area (Å²) in [6, 6.07) is 13.4. The summed E-state index contributed by atoms with van der Waals surface area (Å²) in [6.45, 7) is -0.492. The second-order valence-electron chi connectivity index (χ2n) is 5.97. The van der Waals surface area contributed by atoms with Crippen LogP contribution in [0.4, 0.5) is 5.69 Å². The molecule has 1 aliphatic rings. The number of hydrogen-bond donors (Lipinski definition) is 2. The summed E-state index contributed by atoms with van der Waals surface area (Å²) in [6.07, 6.45) is 1.50. The van der Waals surface area contributed by atoms with E-state index in [9.17, 15) is 14.4 Å². The molecule has 2 aromatic carbocycles. The number of aliphatic carboxylic acids is 2. The first kappa shape index (κ1) is 20.6. The monoisotopic (exact) mass is 429 g/mol. The summed E-state index contributed by atoms with van der Waals surface area (Å²) in [4.78, 5) is 36.2. The van der Waals surface area contributed by atoms with Crippen molar-refractivity contribution in [1.82, 2.24) is 0 Å². The van der Waals surface area contributed by atoms with Crippen molar-refractivity contribution in [2.24, 2.45) is 0 Å². The Balaban J connectivity index is 1.84. The van der Waals surface area contributed by atoms with Crippen molar-refractivity contribution in [3.63, 3.8) is 0 Å². The normalized spacial score (nSPS) is 15.0. The lowest BCUT2D eigenvalue weighted by atomic mass is 10.1. The zero-order valence-electron chi connectivity index (χ0n) is 14.9. The Morgan fingerprint density at radius 3 is 2.41 bits per heavy atom. The van der Waals surface area contributed by atoms with Gasteiger partial charge in [0, 0.05) is 5.56 Å². The molecule has 0 unspecified atom stereocenters. The lowest BCUT2D eigenvalue weighted by Crippen LogP contribution is -2.27. The third-order valence-electron chi connectivity index (χ3n) is 3.90. The molecule has 0 aromatic heterocycles. The maximum Gasteiger partial charge on any atom is 0.341 e. The highest BCUT2D eigenvalue weighted by Crippen LogP contribution is 2.37. The Labute approximate surface area is 175 Å². The van der Waals surface area contributed by atoms with E-state index >= 15 is 0 Å². The third-order valence-corrected chi connectivity index (χ3v) is 5.20. The van der Waals surface area contributed by atoms with Crippen LogP contribution in [-0.2, 0) is 20.8 Å². The molecular weight excluding hydrogens is 414 g/mol. The Kier molecular flexibility index (Phi) is 6.30. The van der Waals surface area contributed by atoms with Gasteiger partial charge in [0.05, 0.1) is 17.0 Å². The molecule has 0 spiro atoms. The molecule has 148 valence electrons. The minimum Gasteiger partial charge on any atom is -0.481 e. The molecule has 1 saturated heterocycles. The van der Waals surface area contributed by atoms with Crippen molar-refractivity contribution >= 4 is 57.9 Å². The fraction of sp³-hybridized carbons (Fsp3) is 0.100. The van der Waals surface area contributed by atoms with E-state index in [1.54, 1.807) is 54.6 Å². The maximum absolute atomic E-state index is 12.9. The molecule has 0 radical (unpaired) electrons. The van der Waals surface area contributed by atoms with Crippen LogP contribution in [0.3, 0.4) is 0 Å². The lowest BCUT2D eigenvalue weighted by molar-refractivity contribution is -0.139. The molecule has 29 heavy (non-hydrogen) atoms. The van der Waals surface area contributed by atoms with E-state index in [0.717, 1.165) is 11.8 Å². The molecule has 7 nitrogen and oxygen atoms in total. The fourth-order valence-corrected chi connectivity index (χ4v) is 3.93. The van der Waals surface area contributed by atoms with Gasteiger partial charge in [-0.25, -0.2) is 4.79 Å². The summed E-state index contributed by atoms with van der Waals surface area (Å²) in [5.41, 5.74) is 1.72. The van der Waals surface area contributed by atoms with Crippen LogP contribution in [0.2, 0.25) is 0 Å². The highest BCUT2D eigenvalue weighted by molar-refractivity contribution is 8.27. The second-order valence-corrected chi connectivity index (χ2v) is 7.65. The van der Waals surface area contributed by atoms with E-state index in [1.165, 1.54) is 4.90 Å². The summed E-state index contributed by atoms with van der Waals surface area (Å²) in [7, 11) is 0. The Hall–Kier alpha value is -3.17. The van der Waals surface area contributed by atoms with Crippen LogP contribution in [0.5, 0.6) is 5.75 Å². The molecule has 2 N–H and O–H groups in total. The van der Waals surface area contributed by atoms with Gasteiger partial charge in [0.2, 0.25) is 0 Å². The van der Waals surface area contributed by atoms with Gasteiger partial charge in [-0.3, -0.25) is 14.5 Å². The van der Waals surface area contributed by atoms with Gasteiger partial charge < -0.3 is 14.9 Å². The van der Waals surface area contributed by atoms with Gasteiger partial charge in [-0.2, -0.15) is 0 Å². The standard InChI is InChI=1S/C20H15NO6S2/c22-17(23)9-12-5-7-14(8-6-12)21-19(26)16(29-20(21)28)10-13-3-1-2-4-15(13)27-11-18(24)25/h1-8,10H,9,11H2,(H,22,23)(H,24,25)/b16-10-. The maximum atomic E-state index is 12.9. The summed E-state index contributed by atoms with van der Waals surface area (Å²) in [5.74, 6) is -2.01. The van der Waals surface area contributed by atoms with E-state index in [-0.39, 0.29) is 12.3 Å². The average Bonchev–Trinajstić information content (AvgIpc) is 2.94. The molecule has 9 heteroatoms. The number of para-hydroxylation sites is 1. The number of benzene rings is 2. The van der Waals surface area contributed by atoms with Crippen LogP contribution >= 0.6 is 24.0 Å². The predicted molar refractivity (Wildman–Crippen MR) is 113 cm³/mol. The average molecular weight is 429 g/mol. The van der Waals surface area contributed by atoms with Crippen molar-refractivity contribution in [3.8, 4) is 5.75 Å². The molecule has 0 atom stereocenters. The van der Waals surface area contributed by atoms with Gasteiger partial charge in [0.1, 0.15) is 5.75 Å². The van der Waals surface area contributed by atoms with E-state index in [2.05, 4.69) is 0 Å². The molecule has 1 aliphatic heterocycles. The number of carbonyl (C=O) groups is 3. The number of thiocarbonyl (C=S) groups is 1. The van der Waals surface area contributed by atoms with Gasteiger partial charge in [-0.05, 0) is 29.8 Å². The van der Waals surface area contributed by atoms with Crippen molar-refractivity contribution in [1.29, 1.82) is 0 Å². The number of carbonyl (C=O) groups excluding carboxylic acids is 1. The Morgan fingerprint density at radius 2 is 1.76 bits per heavy atom. The van der Waals surface area contributed by atoms with E-state index in [0.29, 0.717) is 31.8 Å².